The second-order valence-electron chi connectivity index (χ2n) is 1.58. The molecule has 54 valence electrons. The summed E-state index contributed by atoms with van der Waals surface area (Å²) >= 11 is 0. The minimum atomic E-state index is -0.414. The van der Waals surface area contributed by atoms with Crippen molar-refractivity contribution in [3.05, 3.63) is 0 Å². The van der Waals surface area contributed by atoms with Gasteiger partial charge in [0.2, 0.25) is 5.91 Å². The van der Waals surface area contributed by atoms with Crippen molar-refractivity contribution in [2.24, 2.45) is 11.7 Å². The summed E-state index contributed by atoms with van der Waals surface area (Å²) in [6.45, 7) is 1.82. The number of amides is 1. The summed E-state index contributed by atoms with van der Waals surface area (Å²) in [5, 5.41) is 6.66. The maximum absolute atomic E-state index is 10.2. The number of nitrogens with two attached hydrogens (primary N) is 1. The Morgan fingerprint density at radius 1 is 1.89 bits per heavy atom. The summed E-state index contributed by atoms with van der Waals surface area (Å²) in [5.41, 5.74) is 4.87. The summed E-state index contributed by atoms with van der Waals surface area (Å²) in [5.74, 6) is -0.780. The molecule has 4 heteroatoms. The minimum Gasteiger partial charge on any atom is -0.369 e. The zero-order valence-corrected chi connectivity index (χ0v) is 6.07. The quantitative estimate of drug-likeness (QED) is 0.568. The minimum absolute atomic E-state index is 0. The Bertz CT molecular complexity index is 105. The van der Waals surface area contributed by atoms with Crippen molar-refractivity contribution in [2.75, 3.05) is 0 Å². The van der Waals surface area contributed by atoms with E-state index >= 15 is 0 Å². The fourth-order valence-corrected chi connectivity index (χ4v) is 0.401. The number of carbonyl (C=O) groups excluding carboxylic acids is 1. The molecule has 0 radical (unpaired) electrons. The van der Waals surface area contributed by atoms with Crippen LogP contribution >= 0.6 is 12.4 Å². The van der Waals surface area contributed by atoms with Gasteiger partial charge in [0.05, 0.1) is 5.92 Å². The third-order valence-electron chi connectivity index (χ3n) is 1.01. The average Bonchev–Trinajstić information content (AvgIpc) is 1.69. The van der Waals surface area contributed by atoms with Crippen molar-refractivity contribution in [1.82, 2.24) is 0 Å². The molecule has 0 saturated heterocycles. The SMILES string of the molecule is CC[C@@H](C=N)C(N)=O.Cl. The van der Waals surface area contributed by atoms with Gasteiger partial charge < -0.3 is 11.1 Å². The van der Waals surface area contributed by atoms with Crippen LogP contribution < -0.4 is 5.73 Å². The number of nitrogens with one attached hydrogen (secondary N) is 1. The normalized spacial score (nSPS) is 11.2. The number of primary amides is 1. The molecule has 0 aromatic rings. The zero-order chi connectivity index (χ0) is 6.57. The van der Waals surface area contributed by atoms with Gasteiger partial charge >= 0.3 is 0 Å². The van der Waals surface area contributed by atoms with Crippen LogP contribution in [0.25, 0.3) is 0 Å². The van der Waals surface area contributed by atoms with Crippen LogP contribution in [-0.2, 0) is 4.79 Å². The molecule has 0 aliphatic heterocycles. The van der Waals surface area contributed by atoms with Crippen LogP contribution in [0, 0.1) is 11.3 Å². The molecule has 0 aromatic carbocycles. The van der Waals surface area contributed by atoms with Crippen LogP contribution in [0.4, 0.5) is 0 Å². The highest BCUT2D eigenvalue weighted by Crippen LogP contribution is 1.94. The molecule has 0 heterocycles. The lowest BCUT2D eigenvalue weighted by atomic mass is 10.1. The van der Waals surface area contributed by atoms with Crippen LogP contribution in [0.5, 0.6) is 0 Å². The maximum Gasteiger partial charge on any atom is 0.225 e. The molecular formula is C5H11ClN2O. The first-order valence-corrected chi connectivity index (χ1v) is 2.52. The highest BCUT2D eigenvalue weighted by Gasteiger charge is 2.06. The third-order valence-corrected chi connectivity index (χ3v) is 1.01. The van der Waals surface area contributed by atoms with Crippen molar-refractivity contribution >= 4 is 24.5 Å². The lowest BCUT2D eigenvalue weighted by Gasteiger charge is -1.99. The van der Waals surface area contributed by atoms with Gasteiger partial charge in [-0.3, -0.25) is 4.79 Å². The van der Waals surface area contributed by atoms with Crippen molar-refractivity contribution in [2.45, 2.75) is 13.3 Å². The Balaban J connectivity index is 0. The van der Waals surface area contributed by atoms with E-state index in [1.165, 1.54) is 0 Å². The molecule has 0 spiro atoms. The molecular weight excluding hydrogens is 140 g/mol. The highest BCUT2D eigenvalue weighted by atomic mass is 35.5. The van der Waals surface area contributed by atoms with E-state index in [9.17, 15) is 4.79 Å². The van der Waals surface area contributed by atoms with Gasteiger partial charge in [0.1, 0.15) is 0 Å². The molecule has 3 nitrogen and oxygen atoms in total. The molecule has 0 unspecified atom stereocenters. The Labute approximate surface area is 60.5 Å². The molecule has 1 atom stereocenters. The lowest BCUT2D eigenvalue weighted by molar-refractivity contribution is -0.119. The predicted molar refractivity (Wildman–Crippen MR) is 39.0 cm³/mol. The second-order valence-corrected chi connectivity index (χ2v) is 1.58. The summed E-state index contributed by atoms with van der Waals surface area (Å²) in [4.78, 5) is 10.2. The number of hydrogen-bond donors (Lipinski definition) is 2. The highest BCUT2D eigenvalue weighted by molar-refractivity contribution is 5.91. The smallest absolute Gasteiger partial charge is 0.225 e. The monoisotopic (exact) mass is 150 g/mol. The van der Waals surface area contributed by atoms with Crippen LogP contribution in [0.2, 0.25) is 0 Å². The summed E-state index contributed by atoms with van der Waals surface area (Å²) in [7, 11) is 0. The van der Waals surface area contributed by atoms with Crippen LogP contribution in [-0.4, -0.2) is 12.1 Å². The van der Waals surface area contributed by atoms with Crippen molar-refractivity contribution in [1.29, 1.82) is 5.41 Å². The predicted octanol–water partition coefficient (Wildman–Crippen LogP) is 0.569. The largest absolute Gasteiger partial charge is 0.369 e. The number of halogens is 1. The molecule has 0 aliphatic carbocycles. The standard InChI is InChI=1S/C5H10N2O.ClH/c1-2-4(3-6)5(7)8;/h3-4,6H,2H2,1H3,(H2,7,8);1H/t4-;/m0./s1. The van der Waals surface area contributed by atoms with E-state index in [4.69, 9.17) is 11.1 Å². The molecule has 0 bridgehead atoms. The van der Waals surface area contributed by atoms with Gasteiger partial charge in [-0.15, -0.1) is 12.4 Å². The van der Waals surface area contributed by atoms with E-state index in [-0.39, 0.29) is 18.3 Å². The number of carbonyl (C=O) groups is 1. The number of rotatable bonds is 3. The summed E-state index contributed by atoms with van der Waals surface area (Å²) in [6, 6.07) is 0. The molecule has 0 aromatic heterocycles. The van der Waals surface area contributed by atoms with Crippen LogP contribution in [0.3, 0.4) is 0 Å². The van der Waals surface area contributed by atoms with Crippen LogP contribution in [0.15, 0.2) is 0 Å². The maximum atomic E-state index is 10.2. The van der Waals surface area contributed by atoms with Gasteiger partial charge in [-0.2, -0.15) is 0 Å². The first kappa shape index (κ1) is 11.3. The Morgan fingerprint density at radius 2 is 2.33 bits per heavy atom. The van der Waals surface area contributed by atoms with Gasteiger partial charge in [-0.25, -0.2) is 0 Å². The molecule has 0 saturated carbocycles. The molecule has 1 amide bonds. The van der Waals surface area contributed by atoms with E-state index in [1.54, 1.807) is 0 Å². The summed E-state index contributed by atoms with van der Waals surface area (Å²) in [6.07, 6.45) is 1.70. The first-order valence-electron chi connectivity index (χ1n) is 2.52. The Hall–Kier alpha value is -0.570. The molecule has 0 rings (SSSR count). The first-order chi connectivity index (χ1) is 3.72. The van der Waals surface area contributed by atoms with Crippen LogP contribution in [0.1, 0.15) is 13.3 Å². The fourth-order valence-electron chi connectivity index (χ4n) is 0.401. The molecule has 0 aliphatic rings. The number of hydrogen-bond acceptors (Lipinski definition) is 2. The second kappa shape index (κ2) is 5.56. The zero-order valence-electron chi connectivity index (χ0n) is 5.26. The summed E-state index contributed by atoms with van der Waals surface area (Å²) < 4.78 is 0. The average molecular weight is 151 g/mol. The van der Waals surface area contributed by atoms with Crippen molar-refractivity contribution < 1.29 is 4.79 Å². The van der Waals surface area contributed by atoms with Crippen molar-refractivity contribution in [3.8, 4) is 0 Å². The Morgan fingerprint density at radius 3 is 2.33 bits per heavy atom. The van der Waals surface area contributed by atoms with Gasteiger partial charge in [0.25, 0.3) is 0 Å². The fraction of sp³-hybridized carbons (Fsp3) is 0.600. The topological polar surface area (TPSA) is 66.9 Å². The van der Waals surface area contributed by atoms with E-state index in [0.717, 1.165) is 6.21 Å². The lowest BCUT2D eigenvalue weighted by Crippen LogP contribution is -2.23. The molecule has 0 fully saturated rings. The molecule has 3 N–H and O–H groups in total. The van der Waals surface area contributed by atoms with Gasteiger partial charge in [-0.05, 0) is 6.42 Å². The third kappa shape index (κ3) is 3.97. The van der Waals surface area contributed by atoms with E-state index < -0.39 is 5.91 Å². The van der Waals surface area contributed by atoms with E-state index in [2.05, 4.69) is 0 Å². The van der Waals surface area contributed by atoms with Gasteiger partial charge in [0, 0.05) is 6.21 Å². The molecule has 9 heavy (non-hydrogen) atoms. The Kier molecular flexibility index (Phi) is 6.96. The van der Waals surface area contributed by atoms with Gasteiger partial charge in [0.15, 0.2) is 0 Å². The van der Waals surface area contributed by atoms with Crippen molar-refractivity contribution in [3.63, 3.8) is 0 Å². The van der Waals surface area contributed by atoms with Gasteiger partial charge in [-0.1, -0.05) is 6.92 Å². The van der Waals surface area contributed by atoms with E-state index in [0.29, 0.717) is 6.42 Å². The van der Waals surface area contributed by atoms with E-state index in [1.807, 2.05) is 6.92 Å².